The lowest BCUT2D eigenvalue weighted by Crippen LogP contribution is -2.30. The molecule has 154 valence electrons. The Morgan fingerprint density at radius 3 is 2.48 bits per heavy atom. The molecule has 0 N–H and O–H groups in total. The maximum atomic E-state index is 13.0. The molecular weight excluding hydrogens is 455 g/mol. The van der Waals surface area contributed by atoms with E-state index in [1.165, 1.54) is 31.3 Å². The van der Waals surface area contributed by atoms with Gasteiger partial charge in [0.25, 0.3) is 5.56 Å². The topological polar surface area (TPSA) is 91.1 Å². The number of pyridine rings is 1. The number of benzene rings is 1. The van der Waals surface area contributed by atoms with E-state index in [4.69, 9.17) is 11.6 Å². The molecular formula is C16H11ClF3N3O4S2. The molecule has 1 aromatic carbocycles. The summed E-state index contributed by atoms with van der Waals surface area (Å²) in [7, 11) is -4.75. The third kappa shape index (κ3) is 3.79. The van der Waals surface area contributed by atoms with E-state index in [1.54, 1.807) is 6.26 Å². The molecule has 0 spiro atoms. The number of thioether (sulfide) groups is 1. The van der Waals surface area contributed by atoms with Crippen molar-refractivity contribution in [3.05, 3.63) is 45.8 Å². The smallest absolute Gasteiger partial charge is 0.374 e. The Kier molecular flexibility index (Phi) is 5.54. The predicted octanol–water partition coefficient (Wildman–Crippen LogP) is 3.60. The van der Waals surface area contributed by atoms with Crippen LogP contribution >= 0.6 is 23.4 Å². The number of hydrogen-bond acceptors (Lipinski definition) is 7. The summed E-state index contributed by atoms with van der Waals surface area (Å²) in [6.45, 7) is 0. The van der Waals surface area contributed by atoms with E-state index in [1.807, 2.05) is 0 Å². The van der Waals surface area contributed by atoms with Crippen LogP contribution in [0, 0.1) is 0 Å². The average molecular weight is 466 g/mol. The van der Waals surface area contributed by atoms with Gasteiger partial charge in [-0.1, -0.05) is 41.6 Å². The SMILES string of the molecule is CSc1ncc2c(OS(=O)(=O)C(F)(F)F)c(-c3ccccc3Cl)c(=O)n(C)c2n1. The maximum absolute atomic E-state index is 13.0. The first-order valence-corrected chi connectivity index (χ1v) is 10.7. The van der Waals surface area contributed by atoms with Crippen molar-refractivity contribution in [1.29, 1.82) is 0 Å². The van der Waals surface area contributed by atoms with Crippen LogP contribution in [0.4, 0.5) is 13.2 Å². The lowest BCUT2D eigenvalue weighted by Gasteiger charge is -2.17. The van der Waals surface area contributed by atoms with Gasteiger partial charge < -0.3 is 4.18 Å². The summed E-state index contributed by atoms with van der Waals surface area (Å²) < 4.78 is 67.8. The first-order valence-electron chi connectivity index (χ1n) is 7.67. The Morgan fingerprint density at radius 2 is 1.90 bits per heavy atom. The quantitative estimate of drug-likeness (QED) is 0.251. The van der Waals surface area contributed by atoms with Crippen LogP contribution < -0.4 is 9.74 Å². The fourth-order valence-electron chi connectivity index (χ4n) is 2.51. The Balaban J connectivity index is 2.48. The molecule has 0 radical (unpaired) electrons. The number of hydrogen-bond donors (Lipinski definition) is 0. The molecule has 0 aliphatic heterocycles. The minimum absolute atomic E-state index is 0.00187. The summed E-state index contributed by atoms with van der Waals surface area (Å²) in [5.41, 5.74) is -7.11. The molecule has 0 aliphatic carbocycles. The summed E-state index contributed by atoms with van der Waals surface area (Å²) in [5.74, 6) is -0.846. The molecule has 3 rings (SSSR count). The lowest BCUT2D eigenvalue weighted by atomic mass is 10.0. The van der Waals surface area contributed by atoms with Crippen molar-refractivity contribution in [3.8, 4) is 16.9 Å². The van der Waals surface area contributed by atoms with Crippen LogP contribution in [0.25, 0.3) is 22.2 Å². The van der Waals surface area contributed by atoms with Gasteiger partial charge in [-0.05, 0) is 12.3 Å². The van der Waals surface area contributed by atoms with Crippen molar-refractivity contribution in [2.24, 2.45) is 7.05 Å². The Bertz CT molecular complexity index is 1280. The zero-order valence-corrected chi connectivity index (χ0v) is 17.1. The fourth-order valence-corrected chi connectivity index (χ4v) is 3.57. The zero-order valence-electron chi connectivity index (χ0n) is 14.7. The van der Waals surface area contributed by atoms with E-state index in [9.17, 15) is 26.4 Å². The van der Waals surface area contributed by atoms with Crippen molar-refractivity contribution in [3.63, 3.8) is 0 Å². The normalized spacial score (nSPS) is 12.3. The second kappa shape index (κ2) is 7.50. The predicted molar refractivity (Wildman–Crippen MR) is 103 cm³/mol. The number of alkyl halides is 3. The van der Waals surface area contributed by atoms with Crippen molar-refractivity contribution in [1.82, 2.24) is 14.5 Å². The molecule has 0 bridgehead atoms. The zero-order chi connectivity index (χ0) is 21.6. The summed E-state index contributed by atoms with van der Waals surface area (Å²) in [4.78, 5) is 21.0. The molecule has 0 amide bonds. The van der Waals surface area contributed by atoms with Gasteiger partial charge in [0.15, 0.2) is 16.6 Å². The second-order valence-electron chi connectivity index (χ2n) is 5.63. The molecule has 7 nitrogen and oxygen atoms in total. The minimum Gasteiger partial charge on any atom is -0.374 e. The van der Waals surface area contributed by atoms with Gasteiger partial charge >= 0.3 is 15.6 Å². The van der Waals surface area contributed by atoms with Gasteiger partial charge in [0.1, 0.15) is 0 Å². The van der Waals surface area contributed by atoms with Crippen LogP contribution in [0.15, 0.2) is 40.4 Å². The van der Waals surface area contributed by atoms with E-state index in [-0.39, 0.29) is 26.8 Å². The molecule has 0 aliphatic rings. The lowest BCUT2D eigenvalue weighted by molar-refractivity contribution is -0.0499. The molecule has 0 atom stereocenters. The minimum atomic E-state index is -6.08. The van der Waals surface area contributed by atoms with Crippen molar-refractivity contribution >= 4 is 44.5 Å². The summed E-state index contributed by atoms with van der Waals surface area (Å²) in [6, 6.07) is 5.78. The number of nitrogens with zero attached hydrogens (tertiary/aromatic N) is 3. The van der Waals surface area contributed by atoms with Crippen molar-refractivity contribution in [2.45, 2.75) is 10.7 Å². The molecule has 0 unspecified atom stereocenters. The summed E-state index contributed by atoms with van der Waals surface area (Å²) in [5, 5.41) is 0.0372. The van der Waals surface area contributed by atoms with Crippen molar-refractivity contribution in [2.75, 3.05) is 6.26 Å². The van der Waals surface area contributed by atoms with Gasteiger partial charge in [0.2, 0.25) is 0 Å². The van der Waals surface area contributed by atoms with Gasteiger partial charge in [-0.3, -0.25) is 9.36 Å². The first kappa shape index (κ1) is 21.4. The third-order valence-electron chi connectivity index (χ3n) is 3.86. The summed E-state index contributed by atoms with van der Waals surface area (Å²) in [6.07, 6.45) is 2.75. The van der Waals surface area contributed by atoms with Crippen LogP contribution in [0.3, 0.4) is 0 Å². The van der Waals surface area contributed by atoms with Gasteiger partial charge in [-0.25, -0.2) is 9.97 Å². The molecule has 2 aromatic heterocycles. The van der Waals surface area contributed by atoms with E-state index < -0.39 is 32.5 Å². The molecule has 0 saturated heterocycles. The number of rotatable bonds is 4. The van der Waals surface area contributed by atoms with Gasteiger partial charge in [-0.15, -0.1) is 0 Å². The highest BCUT2D eigenvalue weighted by Gasteiger charge is 2.49. The van der Waals surface area contributed by atoms with Crippen LogP contribution in [0.1, 0.15) is 0 Å². The third-order valence-corrected chi connectivity index (χ3v) is 5.70. The van der Waals surface area contributed by atoms with E-state index in [2.05, 4.69) is 14.2 Å². The highest BCUT2D eigenvalue weighted by Crippen LogP contribution is 2.39. The van der Waals surface area contributed by atoms with Gasteiger partial charge in [0, 0.05) is 23.8 Å². The van der Waals surface area contributed by atoms with Crippen LogP contribution in [0.5, 0.6) is 5.75 Å². The number of fused-ring (bicyclic) bond motifs is 1. The Hall–Kier alpha value is -2.31. The molecule has 13 heteroatoms. The monoisotopic (exact) mass is 465 g/mol. The maximum Gasteiger partial charge on any atom is 0.534 e. The molecule has 0 fully saturated rings. The van der Waals surface area contributed by atoms with Crippen LogP contribution in [0.2, 0.25) is 5.02 Å². The van der Waals surface area contributed by atoms with Crippen molar-refractivity contribution < 1.29 is 25.8 Å². The van der Waals surface area contributed by atoms with Gasteiger partial charge in [0.05, 0.1) is 10.9 Å². The van der Waals surface area contributed by atoms with E-state index >= 15 is 0 Å². The average Bonchev–Trinajstić information content (AvgIpc) is 2.65. The Morgan fingerprint density at radius 1 is 1.24 bits per heavy atom. The number of aromatic nitrogens is 3. The van der Waals surface area contributed by atoms with E-state index in [0.29, 0.717) is 0 Å². The van der Waals surface area contributed by atoms with E-state index in [0.717, 1.165) is 22.5 Å². The fraction of sp³-hybridized carbons (Fsp3) is 0.188. The molecule has 3 aromatic rings. The van der Waals surface area contributed by atoms with Crippen LogP contribution in [-0.4, -0.2) is 34.7 Å². The molecule has 0 saturated carbocycles. The standard InChI is InChI=1S/C16H11ClF3N3O4S2/c1-23-13-9(7-21-15(22-13)28-2)12(27-29(25,26)16(18,19)20)11(14(23)24)8-5-3-4-6-10(8)17/h3-7H,1-2H3. The molecule has 29 heavy (non-hydrogen) atoms. The highest BCUT2D eigenvalue weighted by atomic mass is 35.5. The van der Waals surface area contributed by atoms with Crippen LogP contribution in [-0.2, 0) is 17.2 Å². The number of halogens is 4. The first-order chi connectivity index (χ1) is 13.5. The Labute approximate surface area is 171 Å². The number of aryl methyl sites for hydroxylation is 1. The van der Waals surface area contributed by atoms with Gasteiger partial charge in [-0.2, -0.15) is 21.6 Å². The summed E-state index contributed by atoms with van der Waals surface area (Å²) >= 11 is 7.23. The highest BCUT2D eigenvalue weighted by molar-refractivity contribution is 7.98. The molecule has 2 heterocycles. The second-order valence-corrected chi connectivity index (χ2v) is 8.34. The largest absolute Gasteiger partial charge is 0.534 e.